The van der Waals surface area contributed by atoms with Crippen LogP contribution in [0.3, 0.4) is 0 Å². The Morgan fingerprint density at radius 1 is 1.29 bits per heavy atom. The second-order valence-corrected chi connectivity index (χ2v) is 6.53. The third kappa shape index (κ3) is 5.47. The molecule has 122 valence electrons. The predicted molar refractivity (Wildman–Crippen MR) is 82.6 cm³/mol. The van der Waals surface area contributed by atoms with Gasteiger partial charge in [-0.3, -0.25) is 0 Å². The van der Waals surface area contributed by atoms with E-state index < -0.39 is 6.09 Å². The molecule has 5 heteroatoms. The number of nitrogens with one attached hydrogen (secondary N) is 1. The topological polar surface area (TPSA) is 61.8 Å². The number of amides is 1. The monoisotopic (exact) mass is 298 g/mol. The summed E-state index contributed by atoms with van der Waals surface area (Å²) in [6, 6.07) is 0.142. The SMILES string of the molecule is CCOC[C@@H]1CCCN(C[C@H]2CCCC[C@@H]2NC(=O)O)C1. The lowest BCUT2D eigenvalue weighted by atomic mass is 9.83. The molecule has 2 aliphatic rings. The van der Waals surface area contributed by atoms with Crippen LogP contribution in [0.5, 0.6) is 0 Å². The first-order chi connectivity index (χ1) is 10.2. The highest BCUT2D eigenvalue weighted by molar-refractivity contribution is 5.64. The Balaban J connectivity index is 1.81. The Morgan fingerprint density at radius 3 is 2.86 bits per heavy atom. The minimum absolute atomic E-state index is 0.142. The zero-order valence-corrected chi connectivity index (χ0v) is 13.2. The Kier molecular flexibility index (Phi) is 6.77. The molecule has 0 unspecified atom stereocenters. The van der Waals surface area contributed by atoms with E-state index >= 15 is 0 Å². The van der Waals surface area contributed by atoms with Crippen molar-refractivity contribution in [3.05, 3.63) is 0 Å². The van der Waals surface area contributed by atoms with Gasteiger partial charge >= 0.3 is 6.09 Å². The maximum absolute atomic E-state index is 10.9. The number of nitrogens with zero attached hydrogens (tertiary/aromatic N) is 1. The summed E-state index contributed by atoms with van der Waals surface area (Å²) >= 11 is 0. The molecule has 0 aromatic carbocycles. The highest BCUT2D eigenvalue weighted by atomic mass is 16.5. The minimum Gasteiger partial charge on any atom is -0.465 e. The van der Waals surface area contributed by atoms with E-state index in [-0.39, 0.29) is 6.04 Å². The van der Waals surface area contributed by atoms with Crippen LogP contribution in [0.1, 0.15) is 45.4 Å². The summed E-state index contributed by atoms with van der Waals surface area (Å²) in [7, 11) is 0. The molecule has 1 amide bonds. The van der Waals surface area contributed by atoms with E-state index in [0.29, 0.717) is 11.8 Å². The third-order valence-electron chi connectivity index (χ3n) is 4.87. The molecule has 1 saturated heterocycles. The first-order valence-corrected chi connectivity index (χ1v) is 8.48. The fourth-order valence-electron chi connectivity index (χ4n) is 3.84. The van der Waals surface area contributed by atoms with Crippen molar-refractivity contribution >= 4 is 6.09 Å². The van der Waals surface area contributed by atoms with Gasteiger partial charge in [-0.25, -0.2) is 4.79 Å². The molecule has 1 saturated carbocycles. The van der Waals surface area contributed by atoms with E-state index in [9.17, 15) is 4.79 Å². The summed E-state index contributed by atoms with van der Waals surface area (Å²) in [6.45, 7) is 7.01. The first kappa shape index (κ1) is 16.6. The third-order valence-corrected chi connectivity index (χ3v) is 4.87. The summed E-state index contributed by atoms with van der Waals surface area (Å²) < 4.78 is 5.57. The number of piperidine rings is 1. The van der Waals surface area contributed by atoms with Crippen LogP contribution in [0.25, 0.3) is 0 Å². The number of likely N-dealkylation sites (tertiary alicyclic amines) is 1. The second kappa shape index (κ2) is 8.59. The average Bonchev–Trinajstić information content (AvgIpc) is 2.47. The van der Waals surface area contributed by atoms with Gasteiger partial charge < -0.3 is 20.1 Å². The summed E-state index contributed by atoms with van der Waals surface area (Å²) in [4.78, 5) is 13.5. The van der Waals surface area contributed by atoms with Crippen molar-refractivity contribution in [2.75, 3.05) is 32.8 Å². The van der Waals surface area contributed by atoms with E-state index in [0.717, 1.165) is 52.1 Å². The molecule has 0 bridgehead atoms. The quantitative estimate of drug-likeness (QED) is 0.791. The Labute approximate surface area is 128 Å². The van der Waals surface area contributed by atoms with Gasteiger partial charge in [0.25, 0.3) is 0 Å². The van der Waals surface area contributed by atoms with Crippen LogP contribution in [0, 0.1) is 11.8 Å². The van der Waals surface area contributed by atoms with Crippen molar-refractivity contribution in [2.45, 2.75) is 51.5 Å². The summed E-state index contributed by atoms with van der Waals surface area (Å²) in [6.07, 6.45) is 6.15. The molecule has 5 nitrogen and oxygen atoms in total. The van der Waals surface area contributed by atoms with E-state index in [1.807, 2.05) is 6.92 Å². The molecule has 3 atom stereocenters. The van der Waals surface area contributed by atoms with Crippen LogP contribution in [-0.4, -0.2) is 55.0 Å². The molecule has 0 aromatic rings. The molecule has 0 spiro atoms. The average molecular weight is 298 g/mol. The number of ether oxygens (including phenoxy) is 1. The van der Waals surface area contributed by atoms with Gasteiger partial charge in [0, 0.05) is 25.7 Å². The minimum atomic E-state index is -0.875. The van der Waals surface area contributed by atoms with Crippen molar-refractivity contribution in [1.29, 1.82) is 0 Å². The zero-order valence-electron chi connectivity index (χ0n) is 13.2. The van der Waals surface area contributed by atoms with Gasteiger partial charge in [0.2, 0.25) is 0 Å². The Bertz CT molecular complexity index is 325. The lowest BCUT2D eigenvalue weighted by Crippen LogP contribution is -2.48. The molecule has 0 radical (unpaired) electrons. The molecular weight excluding hydrogens is 268 g/mol. The van der Waals surface area contributed by atoms with Gasteiger partial charge in [0.15, 0.2) is 0 Å². The van der Waals surface area contributed by atoms with Crippen molar-refractivity contribution in [3.8, 4) is 0 Å². The molecule has 0 aromatic heterocycles. The number of carbonyl (C=O) groups is 1. The van der Waals surface area contributed by atoms with Gasteiger partial charge in [0.1, 0.15) is 0 Å². The van der Waals surface area contributed by atoms with Crippen molar-refractivity contribution in [1.82, 2.24) is 10.2 Å². The second-order valence-electron chi connectivity index (χ2n) is 6.53. The molecule has 2 fully saturated rings. The van der Waals surface area contributed by atoms with E-state index in [4.69, 9.17) is 9.84 Å². The van der Waals surface area contributed by atoms with Gasteiger partial charge in [0.05, 0.1) is 6.61 Å². The van der Waals surface area contributed by atoms with Crippen molar-refractivity contribution in [3.63, 3.8) is 0 Å². The van der Waals surface area contributed by atoms with Crippen molar-refractivity contribution in [2.24, 2.45) is 11.8 Å². The standard InChI is InChI=1S/C16H30N2O3/c1-2-21-12-13-6-5-9-18(10-13)11-14-7-3-4-8-15(14)17-16(19)20/h13-15,17H,2-12H2,1H3,(H,19,20)/t13-,14-,15+/m1/s1. The number of rotatable bonds is 6. The number of hydrogen-bond acceptors (Lipinski definition) is 3. The Hall–Kier alpha value is -0.810. The van der Waals surface area contributed by atoms with Crippen LogP contribution < -0.4 is 5.32 Å². The predicted octanol–water partition coefficient (Wildman–Crippen LogP) is 2.56. The summed E-state index contributed by atoms with van der Waals surface area (Å²) in [5, 5.41) is 11.7. The zero-order chi connectivity index (χ0) is 15.1. The Morgan fingerprint density at radius 2 is 2.10 bits per heavy atom. The number of carboxylic acid groups (broad SMARTS) is 1. The van der Waals surface area contributed by atoms with Crippen LogP contribution in [-0.2, 0) is 4.74 Å². The van der Waals surface area contributed by atoms with Gasteiger partial charge in [-0.15, -0.1) is 0 Å². The highest BCUT2D eigenvalue weighted by Gasteiger charge is 2.29. The smallest absolute Gasteiger partial charge is 0.404 e. The molecule has 1 aliphatic carbocycles. The highest BCUT2D eigenvalue weighted by Crippen LogP contribution is 2.27. The fourth-order valence-corrected chi connectivity index (χ4v) is 3.84. The molecule has 1 aliphatic heterocycles. The molecule has 1 heterocycles. The van der Waals surface area contributed by atoms with Crippen LogP contribution >= 0.6 is 0 Å². The maximum atomic E-state index is 10.9. The van der Waals surface area contributed by atoms with Crippen LogP contribution in [0.15, 0.2) is 0 Å². The molecule has 2 N–H and O–H groups in total. The first-order valence-electron chi connectivity index (χ1n) is 8.48. The summed E-state index contributed by atoms with van der Waals surface area (Å²) in [5.41, 5.74) is 0. The van der Waals surface area contributed by atoms with E-state index in [1.165, 1.54) is 19.3 Å². The molecule has 2 rings (SSSR count). The maximum Gasteiger partial charge on any atom is 0.404 e. The van der Waals surface area contributed by atoms with Gasteiger partial charge in [-0.1, -0.05) is 12.8 Å². The van der Waals surface area contributed by atoms with E-state index in [2.05, 4.69) is 10.2 Å². The van der Waals surface area contributed by atoms with E-state index in [1.54, 1.807) is 0 Å². The lowest BCUT2D eigenvalue weighted by molar-refractivity contribution is 0.0556. The number of hydrogen-bond donors (Lipinski definition) is 2. The normalized spacial score (nSPS) is 31.0. The van der Waals surface area contributed by atoms with Crippen LogP contribution in [0.4, 0.5) is 4.79 Å². The van der Waals surface area contributed by atoms with Crippen molar-refractivity contribution < 1.29 is 14.6 Å². The van der Waals surface area contributed by atoms with Gasteiger partial charge in [-0.05, 0) is 51.0 Å². The van der Waals surface area contributed by atoms with Gasteiger partial charge in [-0.2, -0.15) is 0 Å². The molecule has 21 heavy (non-hydrogen) atoms. The summed E-state index contributed by atoms with van der Waals surface area (Å²) in [5.74, 6) is 1.12. The molecular formula is C16H30N2O3. The largest absolute Gasteiger partial charge is 0.465 e. The van der Waals surface area contributed by atoms with Crippen LogP contribution in [0.2, 0.25) is 0 Å². The lowest BCUT2D eigenvalue weighted by Gasteiger charge is -2.39. The fraction of sp³-hybridized carbons (Fsp3) is 0.938.